The molecule has 1 atom stereocenters. The summed E-state index contributed by atoms with van der Waals surface area (Å²) in [6.45, 7) is 1.44. The van der Waals surface area contributed by atoms with Crippen LogP contribution < -0.4 is 0 Å². The first-order valence-corrected chi connectivity index (χ1v) is 4.67. The van der Waals surface area contributed by atoms with E-state index in [4.69, 9.17) is 4.52 Å². The zero-order valence-electron chi connectivity index (χ0n) is 6.92. The molecule has 4 heteroatoms. The molecule has 1 unspecified atom stereocenters. The summed E-state index contributed by atoms with van der Waals surface area (Å²) in [5.41, 5.74) is 0.957. The largest absolute Gasteiger partial charge is 0.355 e. The van der Waals surface area contributed by atoms with Crippen molar-refractivity contribution in [2.75, 3.05) is 0 Å². The highest BCUT2D eigenvalue weighted by Crippen LogP contribution is 2.30. The molecule has 0 bridgehead atoms. The normalized spacial score (nSPS) is 13.5. The van der Waals surface area contributed by atoms with E-state index in [0.717, 1.165) is 9.86 Å². The number of nitrogens with zero attached hydrogens (tertiary/aromatic N) is 1. The smallest absolute Gasteiger partial charge is 0.181 e. The molecule has 1 heterocycles. The Morgan fingerprint density at radius 3 is 3.00 bits per heavy atom. The first-order valence-electron chi connectivity index (χ1n) is 3.88. The summed E-state index contributed by atoms with van der Waals surface area (Å²) in [5.74, 6) is 0. The predicted octanol–water partition coefficient (Wildman–Crippen LogP) is 3.62. The van der Waals surface area contributed by atoms with Gasteiger partial charge in [-0.1, -0.05) is 11.2 Å². The van der Waals surface area contributed by atoms with Gasteiger partial charge in [-0.3, -0.25) is 0 Å². The van der Waals surface area contributed by atoms with Gasteiger partial charge in [0, 0.05) is 5.39 Å². The summed E-state index contributed by atoms with van der Waals surface area (Å²) in [4.78, 5) is 0. The lowest BCUT2D eigenvalue weighted by molar-refractivity contribution is 0.342. The average molecular weight is 244 g/mol. The molecule has 0 aliphatic heterocycles. The third-order valence-corrected chi connectivity index (χ3v) is 2.48. The van der Waals surface area contributed by atoms with E-state index in [1.807, 2.05) is 12.1 Å². The molecule has 0 saturated carbocycles. The van der Waals surface area contributed by atoms with Gasteiger partial charge in [0.15, 0.2) is 5.58 Å². The maximum Gasteiger partial charge on any atom is 0.181 e. The van der Waals surface area contributed by atoms with E-state index in [0.29, 0.717) is 11.3 Å². The van der Waals surface area contributed by atoms with E-state index in [1.54, 1.807) is 6.07 Å². The minimum absolute atomic E-state index is 0.358. The van der Waals surface area contributed by atoms with E-state index >= 15 is 0 Å². The lowest BCUT2D eigenvalue weighted by Gasteiger charge is -1.94. The molecule has 0 aliphatic carbocycles. The highest BCUT2D eigenvalue weighted by atomic mass is 79.9. The van der Waals surface area contributed by atoms with Crippen LogP contribution in [0.3, 0.4) is 0 Å². The molecule has 0 spiro atoms. The van der Waals surface area contributed by atoms with Crippen LogP contribution in [0.4, 0.5) is 4.39 Å². The quantitative estimate of drug-likeness (QED) is 0.765. The monoisotopic (exact) mass is 243 g/mol. The summed E-state index contributed by atoms with van der Waals surface area (Å²) in [7, 11) is 0. The predicted molar refractivity (Wildman–Crippen MR) is 51.2 cm³/mol. The Morgan fingerprint density at radius 1 is 1.54 bits per heavy atom. The van der Waals surface area contributed by atoms with Crippen molar-refractivity contribution in [1.82, 2.24) is 5.16 Å². The summed E-state index contributed by atoms with van der Waals surface area (Å²) in [5, 5.41) is 4.40. The molecule has 0 saturated heterocycles. The summed E-state index contributed by atoms with van der Waals surface area (Å²) < 4.78 is 18.8. The highest BCUT2D eigenvalue weighted by Gasteiger charge is 2.15. The van der Waals surface area contributed by atoms with Gasteiger partial charge in [-0.05, 0) is 35.0 Å². The van der Waals surface area contributed by atoms with Gasteiger partial charge in [-0.15, -0.1) is 0 Å². The lowest BCUT2D eigenvalue weighted by Crippen LogP contribution is -1.84. The molecule has 0 amide bonds. The van der Waals surface area contributed by atoms with E-state index in [1.165, 1.54) is 6.92 Å². The number of alkyl halides is 1. The van der Waals surface area contributed by atoms with Gasteiger partial charge in [0.05, 0.1) is 4.47 Å². The first kappa shape index (κ1) is 8.69. The standard InChI is InChI=1S/C9H7BrFNO/c1-5(11)8-6-3-2-4-7(10)9(6)13-12-8/h2-5H,1H3. The van der Waals surface area contributed by atoms with Crippen LogP contribution in [0, 0.1) is 0 Å². The van der Waals surface area contributed by atoms with Gasteiger partial charge in [0.1, 0.15) is 11.9 Å². The zero-order valence-corrected chi connectivity index (χ0v) is 8.51. The second-order valence-electron chi connectivity index (χ2n) is 2.80. The van der Waals surface area contributed by atoms with Gasteiger partial charge >= 0.3 is 0 Å². The van der Waals surface area contributed by atoms with Crippen LogP contribution in [0.2, 0.25) is 0 Å². The Balaban J connectivity index is 2.75. The number of rotatable bonds is 1. The molecule has 1 aromatic carbocycles. The molecule has 2 nitrogen and oxygen atoms in total. The van der Waals surface area contributed by atoms with Gasteiger partial charge in [-0.2, -0.15) is 0 Å². The minimum Gasteiger partial charge on any atom is -0.355 e. The van der Waals surface area contributed by atoms with Gasteiger partial charge in [-0.25, -0.2) is 4.39 Å². The third-order valence-electron chi connectivity index (χ3n) is 1.86. The summed E-state index contributed by atoms with van der Waals surface area (Å²) in [6.07, 6.45) is -1.10. The van der Waals surface area contributed by atoms with Crippen LogP contribution in [-0.4, -0.2) is 5.16 Å². The Morgan fingerprint density at radius 2 is 2.31 bits per heavy atom. The summed E-state index contributed by atoms with van der Waals surface area (Å²) in [6, 6.07) is 5.46. The molecule has 2 aromatic rings. The van der Waals surface area contributed by atoms with Gasteiger partial charge in [0.2, 0.25) is 0 Å². The van der Waals surface area contributed by atoms with Gasteiger partial charge in [0.25, 0.3) is 0 Å². The maximum absolute atomic E-state index is 13.0. The molecular weight excluding hydrogens is 237 g/mol. The second kappa shape index (κ2) is 3.10. The second-order valence-corrected chi connectivity index (χ2v) is 3.65. The van der Waals surface area contributed by atoms with Crippen molar-refractivity contribution in [3.05, 3.63) is 28.4 Å². The number of hydrogen-bond donors (Lipinski definition) is 0. The van der Waals surface area contributed by atoms with Crippen molar-refractivity contribution < 1.29 is 8.91 Å². The Kier molecular flexibility index (Phi) is 2.07. The van der Waals surface area contributed by atoms with Crippen molar-refractivity contribution in [2.24, 2.45) is 0 Å². The number of para-hydroxylation sites is 1. The number of aromatic nitrogens is 1. The van der Waals surface area contributed by atoms with Crippen molar-refractivity contribution >= 4 is 26.9 Å². The van der Waals surface area contributed by atoms with Crippen LogP contribution in [0.25, 0.3) is 11.0 Å². The number of benzene rings is 1. The van der Waals surface area contributed by atoms with E-state index in [2.05, 4.69) is 21.1 Å². The number of fused-ring (bicyclic) bond motifs is 1. The fraction of sp³-hybridized carbons (Fsp3) is 0.222. The van der Waals surface area contributed by atoms with Crippen LogP contribution in [0.5, 0.6) is 0 Å². The zero-order chi connectivity index (χ0) is 9.42. The van der Waals surface area contributed by atoms with E-state index in [-0.39, 0.29) is 0 Å². The SMILES string of the molecule is CC(F)c1noc2c(Br)cccc12. The molecule has 2 rings (SSSR count). The summed E-state index contributed by atoms with van der Waals surface area (Å²) >= 11 is 3.30. The van der Waals surface area contributed by atoms with E-state index in [9.17, 15) is 4.39 Å². The molecule has 0 N–H and O–H groups in total. The molecular formula is C9H7BrFNO. The Labute approximate surface area is 82.8 Å². The molecule has 68 valence electrons. The number of halogens is 2. The fourth-order valence-electron chi connectivity index (χ4n) is 1.23. The third kappa shape index (κ3) is 1.35. The molecule has 13 heavy (non-hydrogen) atoms. The van der Waals surface area contributed by atoms with Crippen molar-refractivity contribution in [3.63, 3.8) is 0 Å². The lowest BCUT2D eigenvalue weighted by atomic mass is 10.2. The van der Waals surface area contributed by atoms with Crippen LogP contribution >= 0.6 is 15.9 Å². The van der Waals surface area contributed by atoms with Crippen LogP contribution in [0.15, 0.2) is 27.2 Å². The van der Waals surface area contributed by atoms with Crippen LogP contribution in [0.1, 0.15) is 18.8 Å². The molecule has 0 fully saturated rings. The highest BCUT2D eigenvalue weighted by molar-refractivity contribution is 9.10. The van der Waals surface area contributed by atoms with Gasteiger partial charge < -0.3 is 4.52 Å². The first-order chi connectivity index (χ1) is 6.20. The van der Waals surface area contributed by atoms with Crippen molar-refractivity contribution in [1.29, 1.82) is 0 Å². The topological polar surface area (TPSA) is 26.0 Å². The fourth-order valence-corrected chi connectivity index (χ4v) is 1.67. The van der Waals surface area contributed by atoms with Crippen molar-refractivity contribution in [3.8, 4) is 0 Å². The average Bonchev–Trinajstić information content (AvgIpc) is 2.48. The minimum atomic E-state index is -1.10. The molecule has 1 aromatic heterocycles. The van der Waals surface area contributed by atoms with E-state index < -0.39 is 6.17 Å². The molecule has 0 aliphatic rings. The van der Waals surface area contributed by atoms with Crippen molar-refractivity contribution in [2.45, 2.75) is 13.1 Å². The van der Waals surface area contributed by atoms with Crippen LogP contribution in [-0.2, 0) is 0 Å². The molecule has 0 radical (unpaired) electrons. The Hall–Kier alpha value is -0.900. The maximum atomic E-state index is 13.0. The number of hydrogen-bond acceptors (Lipinski definition) is 2. The Bertz CT molecular complexity index is 438.